The second kappa shape index (κ2) is 5.80. The summed E-state index contributed by atoms with van der Waals surface area (Å²) in [5, 5.41) is 0. The lowest BCUT2D eigenvalue weighted by Crippen LogP contribution is -2.38. The molecule has 1 heterocycles. The summed E-state index contributed by atoms with van der Waals surface area (Å²) in [6, 6.07) is 8.57. The zero-order valence-electron chi connectivity index (χ0n) is 9.66. The SMILES string of the molecule is COC1CCCN(Cc2ccc(Br)cc2)C1. The molecule has 1 atom stereocenters. The van der Waals surface area contributed by atoms with Crippen LogP contribution in [0, 0.1) is 0 Å². The van der Waals surface area contributed by atoms with Crippen molar-refractivity contribution in [3.63, 3.8) is 0 Å². The normalized spacial score (nSPS) is 22.2. The molecule has 0 aliphatic carbocycles. The number of nitrogens with zero attached hydrogens (tertiary/aromatic N) is 1. The maximum absolute atomic E-state index is 5.43. The molecule has 3 heteroatoms. The van der Waals surface area contributed by atoms with Crippen molar-refractivity contribution in [3.8, 4) is 0 Å². The van der Waals surface area contributed by atoms with E-state index in [-0.39, 0.29) is 0 Å². The van der Waals surface area contributed by atoms with E-state index in [1.165, 1.54) is 24.9 Å². The van der Waals surface area contributed by atoms with Crippen LogP contribution in [-0.4, -0.2) is 31.2 Å². The first-order chi connectivity index (χ1) is 7.78. The fourth-order valence-corrected chi connectivity index (χ4v) is 2.46. The van der Waals surface area contributed by atoms with Crippen LogP contribution in [0.4, 0.5) is 0 Å². The molecule has 1 aliphatic rings. The van der Waals surface area contributed by atoms with Gasteiger partial charge in [-0.3, -0.25) is 4.90 Å². The van der Waals surface area contributed by atoms with Gasteiger partial charge >= 0.3 is 0 Å². The molecule has 1 unspecified atom stereocenters. The molecule has 0 aromatic heterocycles. The molecule has 0 saturated carbocycles. The maximum atomic E-state index is 5.43. The van der Waals surface area contributed by atoms with Crippen LogP contribution in [0.5, 0.6) is 0 Å². The Balaban J connectivity index is 1.91. The van der Waals surface area contributed by atoms with Crippen molar-refractivity contribution in [2.45, 2.75) is 25.5 Å². The monoisotopic (exact) mass is 283 g/mol. The summed E-state index contributed by atoms with van der Waals surface area (Å²) in [7, 11) is 1.81. The van der Waals surface area contributed by atoms with E-state index in [1.807, 2.05) is 7.11 Å². The molecular weight excluding hydrogens is 266 g/mol. The largest absolute Gasteiger partial charge is 0.380 e. The van der Waals surface area contributed by atoms with E-state index in [4.69, 9.17) is 4.74 Å². The Bertz CT molecular complexity index is 325. The molecule has 2 rings (SSSR count). The van der Waals surface area contributed by atoms with Gasteiger partial charge in [0.2, 0.25) is 0 Å². The lowest BCUT2D eigenvalue weighted by Gasteiger charge is -2.31. The van der Waals surface area contributed by atoms with E-state index in [1.54, 1.807) is 0 Å². The van der Waals surface area contributed by atoms with Crippen LogP contribution >= 0.6 is 15.9 Å². The van der Waals surface area contributed by atoms with Crippen LogP contribution in [0.15, 0.2) is 28.7 Å². The van der Waals surface area contributed by atoms with Crippen molar-refractivity contribution in [3.05, 3.63) is 34.3 Å². The van der Waals surface area contributed by atoms with Gasteiger partial charge in [-0.1, -0.05) is 28.1 Å². The van der Waals surface area contributed by atoms with Crippen molar-refractivity contribution >= 4 is 15.9 Å². The van der Waals surface area contributed by atoms with Gasteiger partial charge in [-0.2, -0.15) is 0 Å². The molecule has 1 fully saturated rings. The minimum Gasteiger partial charge on any atom is -0.380 e. The van der Waals surface area contributed by atoms with Crippen LogP contribution in [0.25, 0.3) is 0 Å². The minimum atomic E-state index is 0.421. The number of hydrogen-bond acceptors (Lipinski definition) is 2. The highest BCUT2D eigenvalue weighted by Crippen LogP contribution is 2.17. The Morgan fingerprint density at radius 1 is 1.38 bits per heavy atom. The fourth-order valence-electron chi connectivity index (χ4n) is 2.20. The summed E-state index contributed by atoms with van der Waals surface area (Å²) in [4.78, 5) is 2.47. The van der Waals surface area contributed by atoms with Crippen molar-refractivity contribution in [2.24, 2.45) is 0 Å². The molecule has 1 aromatic carbocycles. The second-order valence-electron chi connectivity index (χ2n) is 4.36. The smallest absolute Gasteiger partial charge is 0.0698 e. The van der Waals surface area contributed by atoms with Crippen molar-refractivity contribution in [1.82, 2.24) is 4.90 Å². The number of piperidine rings is 1. The van der Waals surface area contributed by atoms with Crippen molar-refractivity contribution < 1.29 is 4.74 Å². The Labute approximate surface area is 106 Å². The maximum Gasteiger partial charge on any atom is 0.0698 e. The molecule has 16 heavy (non-hydrogen) atoms. The number of halogens is 1. The molecule has 0 radical (unpaired) electrons. The highest BCUT2D eigenvalue weighted by molar-refractivity contribution is 9.10. The molecule has 0 N–H and O–H groups in total. The third kappa shape index (κ3) is 3.30. The Morgan fingerprint density at radius 3 is 2.81 bits per heavy atom. The van der Waals surface area contributed by atoms with Gasteiger partial charge in [-0.15, -0.1) is 0 Å². The predicted molar refractivity (Wildman–Crippen MR) is 69.5 cm³/mol. The average molecular weight is 284 g/mol. The van der Waals surface area contributed by atoms with Gasteiger partial charge < -0.3 is 4.74 Å². The van der Waals surface area contributed by atoms with E-state index in [9.17, 15) is 0 Å². The van der Waals surface area contributed by atoms with Gasteiger partial charge in [0.15, 0.2) is 0 Å². The molecule has 1 saturated heterocycles. The van der Waals surface area contributed by atoms with Crippen LogP contribution in [0.1, 0.15) is 18.4 Å². The van der Waals surface area contributed by atoms with E-state index in [0.29, 0.717) is 6.10 Å². The number of methoxy groups -OCH3 is 1. The van der Waals surface area contributed by atoms with Crippen molar-refractivity contribution in [1.29, 1.82) is 0 Å². The Kier molecular flexibility index (Phi) is 4.38. The first kappa shape index (κ1) is 12.1. The molecule has 88 valence electrons. The second-order valence-corrected chi connectivity index (χ2v) is 5.28. The highest BCUT2D eigenvalue weighted by Gasteiger charge is 2.18. The topological polar surface area (TPSA) is 12.5 Å². The van der Waals surface area contributed by atoms with E-state index in [2.05, 4.69) is 45.1 Å². The van der Waals surface area contributed by atoms with Crippen molar-refractivity contribution in [2.75, 3.05) is 20.2 Å². The minimum absolute atomic E-state index is 0.421. The summed E-state index contributed by atoms with van der Waals surface area (Å²) in [5.41, 5.74) is 1.37. The lowest BCUT2D eigenvalue weighted by atomic mass is 10.1. The number of likely N-dealkylation sites (tertiary alicyclic amines) is 1. The Hall–Kier alpha value is -0.380. The zero-order valence-corrected chi connectivity index (χ0v) is 11.2. The zero-order chi connectivity index (χ0) is 11.4. The van der Waals surface area contributed by atoms with Gasteiger partial charge in [0.25, 0.3) is 0 Å². The molecule has 1 aliphatic heterocycles. The van der Waals surface area contributed by atoms with Crippen LogP contribution in [0.2, 0.25) is 0 Å². The summed E-state index contributed by atoms with van der Waals surface area (Å²) in [5.74, 6) is 0. The Morgan fingerprint density at radius 2 is 2.12 bits per heavy atom. The number of ether oxygens (including phenoxy) is 1. The highest BCUT2D eigenvalue weighted by atomic mass is 79.9. The molecular formula is C13H18BrNO. The van der Waals surface area contributed by atoms with E-state index in [0.717, 1.165) is 17.6 Å². The van der Waals surface area contributed by atoms with E-state index < -0.39 is 0 Å². The summed E-state index contributed by atoms with van der Waals surface area (Å²) >= 11 is 3.46. The first-order valence-corrected chi connectivity index (χ1v) is 6.57. The number of rotatable bonds is 3. The van der Waals surface area contributed by atoms with Gasteiger partial charge in [-0.05, 0) is 37.1 Å². The summed E-state index contributed by atoms with van der Waals surface area (Å²) in [6.07, 6.45) is 2.87. The van der Waals surface area contributed by atoms with Gasteiger partial charge in [0.05, 0.1) is 6.10 Å². The van der Waals surface area contributed by atoms with Gasteiger partial charge in [0, 0.05) is 24.7 Å². The van der Waals surface area contributed by atoms with Crippen LogP contribution in [0.3, 0.4) is 0 Å². The fraction of sp³-hybridized carbons (Fsp3) is 0.538. The molecule has 1 aromatic rings. The molecule has 0 spiro atoms. The summed E-state index contributed by atoms with van der Waals surface area (Å²) < 4.78 is 6.57. The molecule has 0 bridgehead atoms. The molecule has 2 nitrogen and oxygen atoms in total. The quantitative estimate of drug-likeness (QED) is 0.846. The number of hydrogen-bond donors (Lipinski definition) is 0. The van der Waals surface area contributed by atoms with Crippen LogP contribution < -0.4 is 0 Å². The van der Waals surface area contributed by atoms with Gasteiger partial charge in [0.1, 0.15) is 0 Å². The average Bonchev–Trinajstić information content (AvgIpc) is 2.32. The summed E-state index contributed by atoms with van der Waals surface area (Å²) in [6.45, 7) is 3.29. The number of benzene rings is 1. The third-order valence-electron chi connectivity index (χ3n) is 3.12. The van der Waals surface area contributed by atoms with E-state index >= 15 is 0 Å². The van der Waals surface area contributed by atoms with Gasteiger partial charge in [-0.25, -0.2) is 0 Å². The predicted octanol–water partition coefficient (Wildman–Crippen LogP) is 3.06. The van der Waals surface area contributed by atoms with Crippen LogP contribution in [-0.2, 0) is 11.3 Å². The molecule has 0 amide bonds. The first-order valence-electron chi connectivity index (χ1n) is 5.77. The third-order valence-corrected chi connectivity index (χ3v) is 3.64. The lowest BCUT2D eigenvalue weighted by molar-refractivity contribution is 0.0285. The standard InChI is InChI=1S/C13H18BrNO/c1-16-13-3-2-8-15(10-13)9-11-4-6-12(14)7-5-11/h4-7,13H,2-3,8-10H2,1H3.